The van der Waals surface area contributed by atoms with Crippen molar-refractivity contribution in [1.29, 1.82) is 0 Å². The van der Waals surface area contributed by atoms with E-state index in [-0.39, 0.29) is 12.4 Å². The van der Waals surface area contributed by atoms with E-state index in [1.54, 1.807) is 6.33 Å². The van der Waals surface area contributed by atoms with Gasteiger partial charge in [0.15, 0.2) is 5.82 Å². The summed E-state index contributed by atoms with van der Waals surface area (Å²) in [5, 5.41) is 7.77. The molecule has 1 heterocycles. The van der Waals surface area contributed by atoms with Crippen LogP contribution in [-0.2, 0) is 5.88 Å². The molecule has 15 heavy (non-hydrogen) atoms. The summed E-state index contributed by atoms with van der Waals surface area (Å²) in [4.78, 5) is 0. The van der Waals surface area contributed by atoms with Gasteiger partial charge in [0.1, 0.15) is 6.33 Å². The van der Waals surface area contributed by atoms with Crippen LogP contribution in [0.25, 0.3) is 5.69 Å². The first-order chi connectivity index (χ1) is 6.83. The summed E-state index contributed by atoms with van der Waals surface area (Å²) >= 11 is 5.75. The quantitative estimate of drug-likeness (QED) is 0.760. The van der Waals surface area contributed by atoms with Crippen LogP contribution in [0, 0.1) is 6.92 Å². The molecule has 0 amide bonds. The molecule has 0 fully saturated rings. The molecule has 80 valence electrons. The van der Waals surface area contributed by atoms with Gasteiger partial charge < -0.3 is 0 Å². The Labute approximate surface area is 99.5 Å². The zero-order valence-corrected chi connectivity index (χ0v) is 9.79. The standard InChI is InChI=1S/C10H10ClN3.ClH/c1-8-4-2-3-5-9(8)14-7-12-13-10(14)6-11;/h2-5,7H,6H2,1H3;1H. The summed E-state index contributed by atoms with van der Waals surface area (Å²) in [5.74, 6) is 1.13. The molecule has 0 aliphatic rings. The second kappa shape index (κ2) is 5.14. The van der Waals surface area contributed by atoms with Crippen molar-refractivity contribution in [2.75, 3.05) is 0 Å². The molecule has 0 atom stereocenters. The first-order valence-electron chi connectivity index (χ1n) is 4.34. The molecule has 0 spiro atoms. The highest BCUT2D eigenvalue weighted by atomic mass is 35.5. The summed E-state index contributed by atoms with van der Waals surface area (Å²) in [6, 6.07) is 8.06. The molecule has 5 heteroatoms. The zero-order valence-electron chi connectivity index (χ0n) is 8.22. The molecule has 0 radical (unpaired) electrons. The van der Waals surface area contributed by atoms with Crippen molar-refractivity contribution < 1.29 is 0 Å². The molecule has 1 aromatic carbocycles. The Hall–Kier alpha value is -1.06. The van der Waals surface area contributed by atoms with Crippen LogP contribution in [0.1, 0.15) is 11.4 Å². The third-order valence-corrected chi connectivity index (χ3v) is 2.35. The van der Waals surface area contributed by atoms with Crippen LogP contribution in [0.5, 0.6) is 0 Å². The Kier molecular flexibility index (Phi) is 4.12. The zero-order chi connectivity index (χ0) is 9.97. The number of nitrogens with zero attached hydrogens (tertiary/aromatic N) is 3. The van der Waals surface area contributed by atoms with E-state index in [1.807, 2.05) is 35.8 Å². The third-order valence-electron chi connectivity index (χ3n) is 2.11. The van der Waals surface area contributed by atoms with Crippen LogP contribution < -0.4 is 0 Å². The van der Waals surface area contributed by atoms with Gasteiger partial charge in [0.25, 0.3) is 0 Å². The molecule has 0 unspecified atom stereocenters. The van der Waals surface area contributed by atoms with Gasteiger partial charge in [-0.3, -0.25) is 4.57 Å². The number of rotatable bonds is 2. The number of aromatic nitrogens is 3. The van der Waals surface area contributed by atoms with Gasteiger partial charge >= 0.3 is 0 Å². The molecule has 2 aromatic rings. The van der Waals surface area contributed by atoms with Crippen LogP contribution in [0.15, 0.2) is 30.6 Å². The van der Waals surface area contributed by atoms with E-state index >= 15 is 0 Å². The molecule has 1 aromatic heterocycles. The SMILES string of the molecule is Cc1ccccc1-n1cnnc1CCl.Cl. The van der Waals surface area contributed by atoms with E-state index in [0.29, 0.717) is 5.88 Å². The number of hydrogen-bond donors (Lipinski definition) is 0. The average Bonchev–Trinajstić information content (AvgIpc) is 2.66. The van der Waals surface area contributed by atoms with Crippen LogP contribution in [0.4, 0.5) is 0 Å². The fourth-order valence-electron chi connectivity index (χ4n) is 1.38. The molecular weight excluding hydrogens is 233 g/mol. The van der Waals surface area contributed by atoms with Crippen molar-refractivity contribution in [2.24, 2.45) is 0 Å². The van der Waals surface area contributed by atoms with E-state index in [4.69, 9.17) is 11.6 Å². The first-order valence-corrected chi connectivity index (χ1v) is 4.87. The predicted octanol–water partition coefficient (Wildman–Crippen LogP) is 2.74. The average molecular weight is 244 g/mol. The van der Waals surface area contributed by atoms with E-state index in [2.05, 4.69) is 10.2 Å². The van der Waals surface area contributed by atoms with E-state index in [0.717, 1.165) is 11.5 Å². The van der Waals surface area contributed by atoms with Gasteiger partial charge in [-0.15, -0.1) is 34.2 Å². The number of aryl methyl sites for hydroxylation is 1. The van der Waals surface area contributed by atoms with E-state index in [9.17, 15) is 0 Å². The molecule has 0 saturated heterocycles. The van der Waals surface area contributed by atoms with Gasteiger partial charge in [-0.05, 0) is 18.6 Å². The lowest BCUT2D eigenvalue weighted by molar-refractivity contribution is 0.943. The lowest BCUT2D eigenvalue weighted by Gasteiger charge is -2.07. The van der Waals surface area contributed by atoms with Crippen molar-refractivity contribution in [1.82, 2.24) is 14.8 Å². The van der Waals surface area contributed by atoms with E-state index < -0.39 is 0 Å². The smallest absolute Gasteiger partial charge is 0.152 e. The van der Waals surface area contributed by atoms with Gasteiger partial charge in [0.05, 0.1) is 11.6 Å². The Bertz CT molecular complexity index is 440. The minimum Gasteiger partial charge on any atom is -0.284 e. The molecule has 0 aliphatic heterocycles. The molecule has 0 bridgehead atoms. The van der Waals surface area contributed by atoms with Crippen molar-refractivity contribution in [3.63, 3.8) is 0 Å². The van der Waals surface area contributed by atoms with Crippen LogP contribution >= 0.6 is 24.0 Å². The Morgan fingerprint density at radius 2 is 2.07 bits per heavy atom. The van der Waals surface area contributed by atoms with Crippen molar-refractivity contribution in [3.05, 3.63) is 42.0 Å². The summed E-state index contributed by atoms with van der Waals surface area (Å²) in [6.45, 7) is 2.05. The number of hydrogen-bond acceptors (Lipinski definition) is 2. The highest BCUT2D eigenvalue weighted by molar-refractivity contribution is 6.16. The second-order valence-electron chi connectivity index (χ2n) is 3.04. The van der Waals surface area contributed by atoms with Gasteiger partial charge in [-0.25, -0.2) is 0 Å². The predicted molar refractivity (Wildman–Crippen MR) is 62.9 cm³/mol. The normalized spacial score (nSPS) is 9.73. The summed E-state index contributed by atoms with van der Waals surface area (Å²) in [5.41, 5.74) is 2.26. The maximum absolute atomic E-state index is 5.75. The van der Waals surface area contributed by atoms with Gasteiger partial charge in [-0.2, -0.15) is 0 Å². The Balaban J connectivity index is 0.00000112. The second-order valence-corrected chi connectivity index (χ2v) is 3.30. The number of benzene rings is 1. The lowest BCUT2D eigenvalue weighted by Crippen LogP contribution is -1.99. The Morgan fingerprint density at radius 1 is 1.33 bits per heavy atom. The minimum absolute atomic E-state index is 0. The van der Waals surface area contributed by atoms with Gasteiger partial charge in [-0.1, -0.05) is 18.2 Å². The van der Waals surface area contributed by atoms with E-state index in [1.165, 1.54) is 5.56 Å². The fraction of sp³-hybridized carbons (Fsp3) is 0.200. The molecule has 3 nitrogen and oxygen atoms in total. The molecule has 0 N–H and O–H groups in total. The number of para-hydroxylation sites is 1. The van der Waals surface area contributed by atoms with Crippen molar-refractivity contribution in [3.8, 4) is 5.69 Å². The van der Waals surface area contributed by atoms with Gasteiger partial charge in [0.2, 0.25) is 0 Å². The molecule has 0 aliphatic carbocycles. The summed E-state index contributed by atoms with van der Waals surface area (Å²) in [7, 11) is 0. The maximum Gasteiger partial charge on any atom is 0.152 e. The summed E-state index contributed by atoms with van der Waals surface area (Å²) < 4.78 is 1.91. The lowest BCUT2D eigenvalue weighted by atomic mass is 10.2. The topological polar surface area (TPSA) is 30.7 Å². The monoisotopic (exact) mass is 243 g/mol. The highest BCUT2D eigenvalue weighted by Gasteiger charge is 2.05. The van der Waals surface area contributed by atoms with Gasteiger partial charge in [0, 0.05) is 0 Å². The fourth-order valence-corrected chi connectivity index (χ4v) is 1.57. The largest absolute Gasteiger partial charge is 0.284 e. The Morgan fingerprint density at radius 3 is 2.73 bits per heavy atom. The molecular formula is C10H11Cl2N3. The van der Waals surface area contributed by atoms with Crippen molar-refractivity contribution in [2.45, 2.75) is 12.8 Å². The molecule has 2 rings (SSSR count). The first kappa shape index (κ1) is 12.0. The summed E-state index contributed by atoms with van der Waals surface area (Å²) in [6.07, 6.45) is 1.68. The number of halogens is 2. The highest BCUT2D eigenvalue weighted by Crippen LogP contribution is 2.15. The third kappa shape index (κ3) is 2.30. The van der Waals surface area contributed by atoms with Crippen LogP contribution in [-0.4, -0.2) is 14.8 Å². The van der Waals surface area contributed by atoms with Crippen molar-refractivity contribution >= 4 is 24.0 Å². The molecule has 0 saturated carbocycles. The van der Waals surface area contributed by atoms with Crippen LogP contribution in [0.2, 0.25) is 0 Å². The maximum atomic E-state index is 5.75. The number of alkyl halides is 1. The minimum atomic E-state index is 0. The van der Waals surface area contributed by atoms with Crippen LogP contribution in [0.3, 0.4) is 0 Å².